The molecule has 0 aliphatic carbocycles. The minimum absolute atomic E-state index is 0.536. The van der Waals surface area contributed by atoms with Crippen LogP contribution in [0.15, 0.2) is 61.4 Å². The van der Waals surface area contributed by atoms with Crippen molar-refractivity contribution in [3.63, 3.8) is 0 Å². The van der Waals surface area contributed by atoms with Crippen LogP contribution >= 0.6 is 11.6 Å². The first-order valence-electron chi connectivity index (χ1n) is 11.9. The van der Waals surface area contributed by atoms with E-state index in [0.29, 0.717) is 24.6 Å². The van der Waals surface area contributed by atoms with E-state index in [2.05, 4.69) is 73.0 Å². The Morgan fingerprint density at radius 1 is 1.14 bits per heavy atom. The topological polar surface area (TPSA) is 84.1 Å². The van der Waals surface area contributed by atoms with Gasteiger partial charge in [0.15, 0.2) is 0 Å². The molecule has 0 radical (unpaired) electrons. The van der Waals surface area contributed by atoms with Crippen molar-refractivity contribution < 1.29 is 14.3 Å². The Bertz CT molecular complexity index is 1240. The largest absolute Gasteiger partial charge is 0.490 e. The van der Waals surface area contributed by atoms with Gasteiger partial charge in [0.05, 0.1) is 10.5 Å². The summed E-state index contributed by atoms with van der Waals surface area (Å²) in [5, 5.41) is 5.71. The van der Waals surface area contributed by atoms with E-state index in [1.54, 1.807) is 12.4 Å². The molecule has 0 saturated carbocycles. The zero-order chi connectivity index (χ0) is 26.9. The number of hydrogen-bond acceptors (Lipinski definition) is 5. The van der Waals surface area contributed by atoms with Crippen molar-refractivity contribution in [1.29, 1.82) is 0 Å². The van der Waals surface area contributed by atoms with E-state index in [9.17, 15) is 4.79 Å². The van der Waals surface area contributed by atoms with Gasteiger partial charge >= 0.3 is 0 Å². The number of carbonyl (C=O) groups excluding carboxylic acids is 2. The second-order valence-corrected chi connectivity index (χ2v) is 8.13. The molecule has 0 aliphatic heterocycles. The van der Waals surface area contributed by atoms with Crippen molar-refractivity contribution in [1.82, 2.24) is 15.3 Å². The lowest BCUT2D eigenvalue weighted by Crippen LogP contribution is -2.15. The lowest BCUT2D eigenvalue weighted by molar-refractivity contribution is -0.107. The summed E-state index contributed by atoms with van der Waals surface area (Å²) in [6.07, 6.45) is 6.08. The highest BCUT2D eigenvalue weighted by Crippen LogP contribution is 2.39. The number of rotatable bonds is 7. The van der Waals surface area contributed by atoms with Gasteiger partial charge in [-0.05, 0) is 42.4 Å². The van der Waals surface area contributed by atoms with Crippen LogP contribution in [0.2, 0.25) is 5.02 Å². The normalized spacial score (nSPS) is 9.58. The van der Waals surface area contributed by atoms with Gasteiger partial charge in [0.2, 0.25) is 0 Å². The number of nitrogens with one attached hydrogen (secondary N) is 2. The van der Waals surface area contributed by atoms with Gasteiger partial charge in [0.1, 0.15) is 31.1 Å². The van der Waals surface area contributed by atoms with Gasteiger partial charge in [0, 0.05) is 29.9 Å². The highest BCUT2D eigenvalue weighted by atomic mass is 35.5. The Morgan fingerprint density at radius 3 is 2.44 bits per heavy atom. The summed E-state index contributed by atoms with van der Waals surface area (Å²) in [4.78, 5) is 25.0. The molecule has 6 nitrogen and oxygen atoms in total. The Balaban J connectivity index is 0.000000633. The predicted molar refractivity (Wildman–Crippen MR) is 152 cm³/mol. The first kappa shape index (κ1) is 30.4. The third kappa shape index (κ3) is 8.54. The summed E-state index contributed by atoms with van der Waals surface area (Å²) in [5.74, 6) is 0.793. The summed E-state index contributed by atoms with van der Waals surface area (Å²) in [6, 6.07) is 14.5. The van der Waals surface area contributed by atoms with E-state index < -0.39 is 0 Å². The molecule has 7 heteroatoms. The van der Waals surface area contributed by atoms with E-state index in [-0.39, 0.29) is 0 Å². The van der Waals surface area contributed by atoms with Crippen LogP contribution in [0.3, 0.4) is 0 Å². The van der Waals surface area contributed by atoms with Crippen molar-refractivity contribution in [2.75, 3.05) is 13.2 Å². The molecule has 36 heavy (non-hydrogen) atoms. The summed E-state index contributed by atoms with van der Waals surface area (Å²) < 4.78 is 5.99. The number of pyridine rings is 1. The highest BCUT2D eigenvalue weighted by molar-refractivity contribution is 6.31. The van der Waals surface area contributed by atoms with E-state index in [0.717, 1.165) is 45.1 Å². The fraction of sp³-hybridized carbons (Fsp3) is 0.276. The number of aromatic nitrogens is 2. The molecule has 0 atom stereocenters. The first-order chi connectivity index (χ1) is 17.5. The van der Waals surface area contributed by atoms with Crippen LogP contribution in [0, 0.1) is 6.92 Å². The molecule has 4 aromatic rings. The number of aromatic amines is 1. The quantitative estimate of drug-likeness (QED) is 0.202. The van der Waals surface area contributed by atoms with E-state index in [1.165, 1.54) is 12.0 Å². The molecule has 2 heterocycles. The monoisotopic (exact) mass is 509 g/mol. The number of ether oxygens (including phenoxy) is 1. The summed E-state index contributed by atoms with van der Waals surface area (Å²) >= 11 is 6.23. The van der Waals surface area contributed by atoms with Crippen LogP contribution in [-0.4, -0.2) is 36.2 Å². The third-order valence-corrected chi connectivity index (χ3v) is 4.88. The molecule has 0 unspecified atom stereocenters. The molecule has 0 amide bonds. The minimum Gasteiger partial charge on any atom is -0.490 e. The zero-order valence-electron chi connectivity index (χ0n) is 21.6. The molecule has 0 saturated heterocycles. The number of hydrogen-bond donors (Lipinski definition) is 2. The van der Waals surface area contributed by atoms with Crippen LogP contribution in [0.5, 0.6) is 5.75 Å². The maximum absolute atomic E-state index is 9.17. The Hall–Kier alpha value is -3.64. The maximum atomic E-state index is 9.17. The second kappa shape index (κ2) is 16.9. The van der Waals surface area contributed by atoms with Gasteiger partial charge in [-0.2, -0.15) is 0 Å². The lowest BCUT2D eigenvalue weighted by atomic mass is 9.98. The van der Waals surface area contributed by atoms with Crippen LogP contribution < -0.4 is 10.1 Å². The van der Waals surface area contributed by atoms with Gasteiger partial charge in [0.25, 0.3) is 0 Å². The Morgan fingerprint density at radius 2 is 1.83 bits per heavy atom. The number of nitrogens with zero attached hydrogens (tertiary/aromatic N) is 1. The fourth-order valence-electron chi connectivity index (χ4n) is 3.33. The second-order valence-electron chi connectivity index (χ2n) is 7.69. The van der Waals surface area contributed by atoms with E-state index >= 15 is 0 Å². The molecular formula is C29H36ClN3O3. The van der Waals surface area contributed by atoms with Crippen molar-refractivity contribution in [2.45, 2.75) is 40.5 Å². The number of aldehydes is 1. The van der Waals surface area contributed by atoms with Crippen LogP contribution in [-0.2, 0) is 9.59 Å². The van der Waals surface area contributed by atoms with E-state index in [4.69, 9.17) is 21.1 Å². The Labute approximate surface area is 218 Å². The number of H-pyrrole nitrogens is 1. The van der Waals surface area contributed by atoms with Gasteiger partial charge in [-0.1, -0.05) is 75.2 Å². The number of carbonyl (C=O) groups is 2. The third-order valence-electron chi connectivity index (χ3n) is 4.68. The molecular weight excluding hydrogens is 474 g/mol. The average molecular weight is 510 g/mol. The molecule has 2 aromatic heterocycles. The first-order valence-corrected chi connectivity index (χ1v) is 12.2. The molecule has 0 aliphatic rings. The van der Waals surface area contributed by atoms with Gasteiger partial charge in [-0.25, -0.2) is 4.98 Å². The standard InChI is InChI=1S/C22H20ClN3O.C3H6O.C3H8.CH2O/c1-3-24-9-10-27-19-8-7-17(15-6-4-5-14(2)11-15)20-18-12-16(23)13-25-22(18)26-21(19)20;1-2-3-4;1-3-2;1-2/h3-8,11-13,24H,1,9-10H2,2H3,(H,25,26);3H,2H2,1H3;3H2,1-2H3;1H2. The Kier molecular flexibility index (Phi) is 14.3. The summed E-state index contributed by atoms with van der Waals surface area (Å²) in [6.45, 7) is 15.0. The predicted octanol–water partition coefficient (Wildman–Crippen LogP) is 7.28. The summed E-state index contributed by atoms with van der Waals surface area (Å²) in [7, 11) is 0. The molecule has 0 bridgehead atoms. The summed E-state index contributed by atoms with van der Waals surface area (Å²) in [5.41, 5.74) is 5.22. The zero-order valence-corrected chi connectivity index (χ0v) is 22.3. The molecule has 4 rings (SSSR count). The number of halogens is 1. The number of benzene rings is 2. The number of aryl methyl sites for hydroxylation is 1. The van der Waals surface area contributed by atoms with Crippen LogP contribution in [0.25, 0.3) is 33.1 Å². The molecule has 192 valence electrons. The average Bonchev–Trinajstić information content (AvgIpc) is 3.27. The number of fused-ring (bicyclic) bond motifs is 3. The SMILES string of the molecule is C=CNCCOc1ccc(-c2cccc(C)c2)c2c1[nH]c1ncc(Cl)cc12.C=O.CCC.CCC=O. The maximum Gasteiger partial charge on any atom is 0.143 e. The van der Waals surface area contributed by atoms with Gasteiger partial charge in [-0.3, -0.25) is 0 Å². The smallest absolute Gasteiger partial charge is 0.143 e. The van der Waals surface area contributed by atoms with Crippen molar-refractivity contribution in [2.24, 2.45) is 0 Å². The lowest BCUT2D eigenvalue weighted by Gasteiger charge is -2.11. The highest BCUT2D eigenvalue weighted by Gasteiger charge is 2.16. The fourth-order valence-corrected chi connectivity index (χ4v) is 3.49. The molecule has 0 fully saturated rings. The molecule has 2 aromatic carbocycles. The van der Waals surface area contributed by atoms with Crippen molar-refractivity contribution in [3.05, 3.63) is 72.0 Å². The van der Waals surface area contributed by atoms with E-state index in [1.807, 2.05) is 25.8 Å². The van der Waals surface area contributed by atoms with Gasteiger partial charge in [-0.15, -0.1) is 0 Å². The van der Waals surface area contributed by atoms with Crippen molar-refractivity contribution >= 4 is 46.6 Å². The van der Waals surface area contributed by atoms with Gasteiger partial charge < -0.3 is 24.6 Å². The van der Waals surface area contributed by atoms with Crippen LogP contribution in [0.1, 0.15) is 39.2 Å². The molecule has 2 N–H and O–H groups in total. The minimum atomic E-state index is 0.536. The van der Waals surface area contributed by atoms with Crippen LogP contribution in [0.4, 0.5) is 0 Å². The van der Waals surface area contributed by atoms with Crippen molar-refractivity contribution in [3.8, 4) is 16.9 Å². The molecule has 0 spiro atoms.